The second-order valence-electron chi connectivity index (χ2n) is 4.97. The van der Waals surface area contributed by atoms with E-state index >= 15 is 0 Å². The van der Waals surface area contributed by atoms with E-state index in [4.69, 9.17) is 16.2 Å². The Hall–Kier alpha value is -1.75. The normalized spacial score (nSPS) is 10.7. The topological polar surface area (TPSA) is 81.6 Å². The number of amides is 1. The van der Waals surface area contributed by atoms with Gasteiger partial charge >= 0.3 is 0 Å². The first-order chi connectivity index (χ1) is 8.95. The number of primary amides is 1. The highest BCUT2D eigenvalue weighted by atomic mass is 16.5. The van der Waals surface area contributed by atoms with Crippen LogP contribution in [0.3, 0.4) is 0 Å². The minimum atomic E-state index is -0.443. The molecule has 0 radical (unpaired) electrons. The quantitative estimate of drug-likeness (QED) is 0.732. The summed E-state index contributed by atoms with van der Waals surface area (Å²) in [6.07, 6.45) is 0. The molecule has 4 N–H and O–H groups in total. The second-order valence-corrected chi connectivity index (χ2v) is 4.97. The van der Waals surface area contributed by atoms with Crippen molar-refractivity contribution in [1.82, 2.24) is 0 Å². The van der Waals surface area contributed by atoms with Gasteiger partial charge in [0, 0.05) is 25.9 Å². The van der Waals surface area contributed by atoms with Crippen LogP contribution >= 0.6 is 0 Å². The predicted molar refractivity (Wildman–Crippen MR) is 78.3 cm³/mol. The van der Waals surface area contributed by atoms with Gasteiger partial charge in [-0.25, -0.2) is 0 Å². The number of methoxy groups -OCH3 is 1. The maximum absolute atomic E-state index is 11.5. The molecule has 0 saturated heterocycles. The van der Waals surface area contributed by atoms with Crippen molar-refractivity contribution in [2.24, 2.45) is 11.7 Å². The Morgan fingerprint density at radius 1 is 1.42 bits per heavy atom. The Balaban J connectivity index is 3.11. The van der Waals surface area contributed by atoms with Gasteiger partial charge in [0.05, 0.1) is 17.9 Å². The number of carbonyl (C=O) groups excluding carboxylic acids is 1. The molecule has 19 heavy (non-hydrogen) atoms. The molecule has 5 heteroatoms. The molecule has 1 aromatic carbocycles. The standard InChI is InChI=1S/C14H23N3O2/c1-10(2)9-17(6-7-19-3)13-8-11(15)4-5-12(13)14(16)18/h4-5,8,10H,6-7,9,15H2,1-3H3,(H2,16,18). The van der Waals surface area contributed by atoms with Crippen molar-refractivity contribution in [3.63, 3.8) is 0 Å². The third-order valence-corrected chi connectivity index (χ3v) is 2.78. The summed E-state index contributed by atoms with van der Waals surface area (Å²) in [6.45, 7) is 6.33. The van der Waals surface area contributed by atoms with Crippen molar-refractivity contribution in [3.8, 4) is 0 Å². The maximum atomic E-state index is 11.5. The van der Waals surface area contributed by atoms with Crippen molar-refractivity contribution in [2.75, 3.05) is 37.4 Å². The number of nitrogens with two attached hydrogens (primary N) is 2. The lowest BCUT2D eigenvalue weighted by molar-refractivity contribution is 0.100. The molecule has 0 unspecified atom stereocenters. The van der Waals surface area contributed by atoms with Crippen LogP contribution in [-0.4, -0.2) is 32.7 Å². The zero-order chi connectivity index (χ0) is 14.4. The summed E-state index contributed by atoms with van der Waals surface area (Å²) in [7, 11) is 1.65. The smallest absolute Gasteiger partial charge is 0.250 e. The Labute approximate surface area is 114 Å². The van der Waals surface area contributed by atoms with Crippen LogP contribution < -0.4 is 16.4 Å². The van der Waals surface area contributed by atoms with Gasteiger partial charge in [-0.05, 0) is 24.1 Å². The number of ether oxygens (including phenoxy) is 1. The molecule has 0 bridgehead atoms. The monoisotopic (exact) mass is 265 g/mol. The van der Waals surface area contributed by atoms with Crippen molar-refractivity contribution in [1.29, 1.82) is 0 Å². The molecular weight excluding hydrogens is 242 g/mol. The van der Waals surface area contributed by atoms with Crippen molar-refractivity contribution in [2.45, 2.75) is 13.8 Å². The number of carbonyl (C=O) groups is 1. The Kier molecular flexibility index (Phi) is 5.63. The van der Waals surface area contributed by atoms with Gasteiger partial charge in [-0.1, -0.05) is 13.8 Å². The van der Waals surface area contributed by atoms with Crippen LogP contribution in [0.25, 0.3) is 0 Å². The zero-order valence-corrected chi connectivity index (χ0v) is 11.8. The lowest BCUT2D eigenvalue weighted by atomic mass is 10.1. The summed E-state index contributed by atoms with van der Waals surface area (Å²) in [6, 6.07) is 5.15. The Bertz CT molecular complexity index is 433. The van der Waals surface area contributed by atoms with E-state index in [0.29, 0.717) is 30.3 Å². The second kappa shape index (κ2) is 6.99. The molecule has 106 valence electrons. The minimum absolute atomic E-state index is 0.443. The van der Waals surface area contributed by atoms with Gasteiger partial charge in [-0.15, -0.1) is 0 Å². The summed E-state index contributed by atoms with van der Waals surface area (Å²) in [5.74, 6) is 0.0141. The molecule has 0 aliphatic heterocycles. The summed E-state index contributed by atoms with van der Waals surface area (Å²) in [5.41, 5.74) is 13.1. The van der Waals surface area contributed by atoms with Crippen molar-refractivity contribution < 1.29 is 9.53 Å². The number of hydrogen-bond acceptors (Lipinski definition) is 4. The third kappa shape index (κ3) is 4.44. The fraction of sp³-hybridized carbons (Fsp3) is 0.500. The zero-order valence-electron chi connectivity index (χ0n) is 11.8. The lowest BCUT2D eigenvalue weighted by Gasteiger charge is -2.28. The fourth-order valence-corrected chi connectivity index (χ4v) is 1.97. The van der Waals surface area contributed by atoms with E-state index in [9.17, 15) is 4.79 Å². The van der Waals surface area contributed by atoms with E-state index in [0.717, 1.165) is 12.2 Å². The van der Waals surface area contributed by atoms with E-state index < -0.39 is 5.91 Å². The number of rotatable bonds is 7. The molecule has 0 aromatic heterocycles. The maximum Gasteiger partial charge on any atom is 0.250 e. The molecule has 0 saturated carbocycles. The summed E-state index contributed by atoms with van der Waals surface area (Å²) >= 11 is 0. The van der Waals surface area contributed by atoms with Crippen LogP contribution in [0, 0.1) is 5.92 Å². The largest absolute Gasteiger partial charge is 0.399 e. The molecule has 1 amide bonds. The SMILES string of the molecule is COCCN(CC(C)C)c1cc(N)ccc1C(N)=O. The van der Waals surface area contributed by atoms with E-state index in [1.54, 1.807) is 25.3 Å². The van der Waals surface area contributed by atoms with Crippen molar-refractivity contribution in [3.05, 3.63) is 23.8 Å². The van der Waals surface area contributed by atoms with E-state index in [2.05, 4.69) is 18.7 Å². The van der Waals surface area contributed by atoms with Gasteiger partial charge in [-0.3, -0.25) is 4.79 Å². The summed E-state index contributed by atoms with van der Waals surface area (Å²) in [5, 5.41) is 0. The molecule has 0 aliphatic rings. The summed E-state index contributed by atoms with van der Waals surface area (Å²) < 4.78 is 5.12. The number of nitrogen functional groups attached to an aromatic ring is 1. The van der Waals surface area contributed by atoms with Crippen LogP contribution in [0.5, 0.6) is 0 Å². The molecule has 0 spiro atoms. The average Bonchev–Trinajstić information content (AvgIpc) is 2.33. The molecule has 5 nitrogen and oxygen atoms in total. The van der Waals surface area contributed by atoms with Crippen LogP contribution in [0.2, 0.25) is 0 Å². The van der Waals surface area contributed by atoms with Crippen LogP contribution in [0.15, 0.2) is 18.2 Å². The van der Waals surface area contributed by atoms with Crippen molar-refractivity contribution >= 4 is 17.3 Å². The van der Waals surface area contributed by atoms with Gasteiger partial charge < -0.3 is 21.1 Å². The highest BCUT2D eigenvalue weighted by Gasteiger charge is 2.16. The van der Waals surface area contributed by atoms with Crippen LogP contribution in [-0.2, 0) is 4.74 Å². The molecule has 1 rings (SSSR count). The highest BCUT2D eigenvalue weighted by molar-refractivity contribution is 5.99. The van der Waals surface area contributed by atoms with Gasteiger partial charge in [0.15, 0.2) is 0 Å². The molecule has 0 heterocycles. The van der Waals surface area contributed by atoms with Gasteiger partial charge in [0.2, 0.25) is 0 Å². The Morgan fingerprint density at radius 2 is 2.11 bits per heavy atom. The fourth-order valence-electron chi connectivity index (χ4n) is 1.97. The number of hydrogen-bond donors (Lipinski definition) is 2. The number of benzene rings is 1. The first-order valence-corrected chi connectivity index (χ1v) is 6.39. The average molecular weight is 265 g/mol. The molecular formula is C14H23N3O2. The minimum Gasteiger partial charge on any atom is -0.399 e. The molecule has 0 atom stereocenters. The van der Waals surface area contributed by atoms with E-state index in [-0.39, 0.29) is 0 Å². The third-order valence-electron chi connectivity index (χ3n) is 2.78. The van der Waals surface area contributed by atoms with Crippen LogP contribution in [0.1, 0.15) is 24.2 Å². The van der Waals surface area contributed by atoms with E-state index in [1.165, 1.54) is 0 Å². The first-order valence-electron chi connectivity index (χ1n) is 6.39. The molecule has 0 fully saturated rings. The number of anilines is 2. The number of nitrogens with zero attached hydrogens (tertiary/aromatic N) is 1. The summed E-state index contributed by atoms with van der Waals surface area (Å²) in [4.78, 5) is 13.6. The van der Waals surface area contributed by atoms with Crippen LogP contribution in [0.4, 0.5) is 11.4 Å². The van der Waals surface area contributed by atoms with Gasteiger partial charge in [-0.2, -0.15) is 0 Å². The molecule has 1 aromatic rings. The molecule has 0 aliphatic carbocycles. The van der Waals surface area contributed by atoms with Gasteiger partial charge in [0.1, 0.15) is 0 Å². The van der Waals surface area contributed by atoms with E-state index in [1.807, 2.05) is 0 Å². The van der Waals surface area contributed by atoms with Gasteiger partial charge in [0.25, 0.3) is 5.91 Å². The highest BCUT2D eigenvalue weighted by Crippen LogP contribution is 2.24. The first kappa shape index (κ1) is 15.3. The lowest BCUT2D eigenvalue weighted by Crippen LogP contribution is -2.33. The predicted octanol–water partition coefficient (Wildman–Crippen LogP) is 1.48. The Morgan fingerprint density at radius 3 is 2.63 bits per heavy atom.